The van der Waals surface area contributed by atoms with E-state index in [0.29, 0.717) is 17.9 Å². The van der Waals surface area contributed by atoms with E-state index in [-0.39, 0.29) is 10.6 Å². The summed E-state index contributed by atoms with van der Waals surface area (Å²) >= 11 is 5.92. The van der Waals surface area contributed by atoms with Gasteiger partial charge in [-0.1, -0.05) is 60.1 Å². The maximum atomic E-state index is 13.7. The van der Waals surface area contributed by atoms with Gasteiger partial charge < -0.3 is 4.74 Å². The molecular formula is C21H16ClFN2O2. The number of para-hydroxylation sites is 1. The van der Waals surface area contributed by atoms with Crippen LogP contribution in [0.15, 0.2) is 77.9 Å². The normalized spacial score (nSPS) is 10.7. The summed E-state index contributed by atoms with van der Waals surface area (Å²) in [4.78, 5) is 12.4. The minimum atomic E-state index is -0.521. The number of nitrogens with zero attached hydrogens (tertiary/aromatic N) is 1. The molecule has 3 rings (SSSR count). The highest BCUT2D eigenvalue weighted by atomic mass is 35.5. The number of carbonyl (C=O) groups excluding carboxylic acids is 1. The van der Waals surface area contributed by atoms with Gasteiger partial charge in [-0.15, -0.1) is 0 Å². The molecule has 0 aromatic heterocycles. The third-order valence-electron chi connectivity index (χ3n) is 3.73. The molecule has 0 saturated carbocycles. The largest absolute Gasteiger partial charge is 0.488 e. The Labute approximate surface area is 161 Å². The number of halogens is 2. The fourth-order valence-corrected chi connectivity index (χ4v) is 2.58. The van der Waals surface area contributed by atoms with Gasteiger partial charge in [0.15, 0.2) is 0 Å². The van der Waals surface area contributed by atoms with Crippen molar-refractivity contribution in [2.75, 3.05) is 0 Å². The molecule has 27 heavy (non-hydrogen) atoms. The van der Waals surface area contributed by atoms with E-state index in [0.717, 1.165) is 5.56 Å². The second-order valence-corrected chi connectivity index (χ2v) is 6.01. The van der Waals surface area contributed by atoms with Crippen molar-refractivity contribution in [3.63, 3.8) is 0 Å². The molecule has 0 spiro atoms. The summed E-state index contributed by atoms with van der Waals surface area (Å²) in [7, 11) is 0. The average molecular weight is 383 g/mol. The van der Waals surface area contributed by atoms with Crippen LogP contribution >= 0.6 is 11.6 Å². The third-order valence-corrected chi connectivity index (χ3v) is 4.06. The van der Waals surface area contributed by atoms with Gasteiger partial charge in [-0.25, -0.2) is 9.82 Å². The van der Waals surface area contributed by atoms with Crippen molar-refractivity contribution in [1.82, 2.24) is 5.43 Å². The Balaban J connectivity index is 1.69. The number of ether oxygens (including phenoxy) is 1. The highest BCUT2D eigenvalue weighted by molar-refractivity contribution is 6.33. The Kier molecular flexibility index (Phi) is 6.18. The molecule has 0 fully saturated rings. The van der Waals surface area contributed by atoms with Crippen molar-refractivity contribution >= 4 is 23.7 Å². The summed E-state index contributed by atoms with van der Waals surface area (Å²) in [6.07, 6.45) is 1.17. The number of carbonyl (C=O) groups is 1. The minimum absolute atomic E-state index is 0.105. The first-order valence-corrected chi connectivity index (χ1v) is 8.56. The van der Waals surface area contributed by atoms with Crippen LogP contribution in [-0.4, -0.2) is 12.1 Å². The Morgan fingerprint density at radius 3 is 2.56 bits per heavy atom. The van der Waals surface area contributed by atoms with E-state index in [1.165, 1.54) is 18.3 Å². The van der Waals surface area contributed by atoms with Gasteiger partial charge in [-0.2, -0.15) is 5.10 Å². The lowest BCUT2D eigenvalue weighted by Crippen LogP contribution is -2.18. The van der Waals surface area contributed by atoms with E-state index in [1.54, 1.807) is 30.3 Å². The summed E-state index contributed by atoms with van der Waals surface area (Å²) in [5.41, 5.74) is 3.78. The minimum Gasteiger partial charge on any atom is -0.488 e. The average Bonchev–Trinajstić information content (AvgIpc) is 2.69. The summed E-state index contributed by atoms with van der Waals surface area (Å²) in [5.74, 6) is -0.563. The molecule has 6 heteroatoms. The number of hydrogen-bond acceptors (Lipinski definition) is 3. The van der Waals surface area contributed by atoms with Crippen LogP contribution in [0.1, 0.15) is 21.5 Å². The lowest BCUT2D eigenvalue weighted by Gasteiger charge is -2.10. The standard InChI is InChI=1S/C21H16ClFN2O2/c22-18-10-6-11-19(23)17(18)13-24-25-21(26)16-9-4-5-12-20(16)27-14-15-7-2-1-3-8-15/h1-13H,14H2,(H,25,26)/b24-13-. The zero-order chi connectivity index (χ0) is 19.1. The first kappa shape index (κ1) is 18.6. The molecule has 0 unspecified atom stereocenters. The molecule has 4 nitrogen and oxygen atoms in total. The Bertz CT molecular complexity index is 941. The van der Waals surface area contributed by atoms with Crippen molar-refractivity contribution in [1.29, 1.82) is 0 Å². The molecule has 0 atom stereocenters. The quantitative estimate of drug-likeness (QED) is 0.490. The molecule has 0 bridgehead atoms. The van der Waals surface area contributed by atoms with Crippen LogP contribution in [0.5, 0.6) is 5.75 Å². The van der Waals surface area contributed by atoms with Crippen molar-refractivity contribution in [2.24, 2.45) is 5.10 Å². The van der Waals surface area contributed by atoms with Crippen LogP contribution in [-0.2, 0) is 6.61 Å². The molecule has 136 valence electrons. The second kappa shape index (κ2) is 8.96. The number of amides is 1. The molecule has 0 heterocycles. The zero-order valence-corrected chi connectivity index (χ0v) is 15.0. The van der Waals surface area contributed by atoms with E-state index in [4.69, 9.17) is 16.3 Å². The van der Waals surface area contributed by atoms with E-state index in [9.17, 15) is 9.18 Å². The van der Waals surface area contributed by atoms with Crippen LogP contribution in [0.3, 0.4) is 0 Å². The Morgan fingerprint density at radius 1 is 1.04 bits per heavy atom. The molecule has 0 saturated heterocycles. The van der Waals surface area contributed by atoms with Gasteiger partial charge in [-0.3, -0.25) is 4.79 Å². The van der Waals surface area contributed by atoms with E-state index in [1.807, 2.05) is 30.3 Å². The van der Waals surface area contributed by atoms with Crippen LogP contribution in [0.2, 0.25) is 5.02 Å². The molecule has 0 aliphatic carbocycles. The number of hydrogen-bond donors (Lipinski definition) is 1. The van der Waals surface area contributed by atoms with Crippen molar-refractivity contribution in [2.45, 2.75) is 6.61 Å². The Morgan fingerprint density at radius 2 is 1.78 bits per heavy atom. The zero-order valence-electron chi connectivity index (χ0n) is 14.2. The maximum absolute atomic E-state index is 13.7. The lowest BCUT2D eigenvalue weighted by molar-refractivity contribution is 0.0950. The highest BCUT2D eigenvalue weighted by Gasteiger charge is 2.12. The highest BCUT2D eigenvalue weighted by Crippen LogP contribution is 2.20. The predicted molar refractivity (Wildman–Crippen MR) is 104 cm³/mol. The van der Waals surface area contributed by atoms with Crippen molar-refractivity contribution in [3.8, 4) is 5.75 Å². The molecule has 0 aliphatic heterocycles. The lowest BCUT2D eigenvalue weighted by atomic mass is 10.2. The van der Waals surface area contributed by atoms with Crippen LogP contribution < -0.4 is 10.2 Å². The molecule has 3 aromatic rings. The van der Waals surface area contributed by atoms with Gasteiger partial charge in [0.05, 0.1) is 16.8 Å². The summed E-state index contributed by atoms with van der Waals surface area (Å²) in [5, 5.41) is 4.00. The van der Waals surface area contributed by atoms with Gasteiger partial charge in [0, 0.05) is 5.56 Å². The van der Waals surface area contributed by atoms with Gasteiger partial charge in [0.2, 0.25) is 0 Å². The van der Waals surface area contributed by atoms with Crippen LogP contribution in [0.4, 0.5) is 4.39 Å². The molecule has 1 N–H and O–H groups in total. The van der Waals surface area contributed by atoms with E-state index < -0.39 is 11.7 Å². The van der Waals surface area contributed by atoms with Gasteiger partial charge in [0.1, 0.15) is 18.2 Å². The summed E-state index contributed by atoms with van der Waals surface area (Å²) in [6.45, 7) is 0.333. The van der Waals surface area contributed by atoms with E-state index >= 15 is 0 Å². The SMILES string of the molecule is O=C(N/N=C\c1c(F)cccc1Cl)c1ccccc1OCc1ccccc1. The second-order valence-electron chi connectivity index (χ2n) is 5.60. The number of rotatable bonds is 6. The number of benzene rings is 3. The summed E-state index contributed by atoms with van der Waals surface area (Å²) in [6, 6.07) is 20.8. The first-order chi connectivity index (χ1) is 13.1. The fraction of sp³-hybridized carbons (Fsp3) is 0.0476. The Hall–Kier alpha value is -3.18. The topological polar surface area (TPSA) is 50.7 Å². The molecule has 0 radical (unpaired) electrons. The summed E-state index contributed by atoms with van der Waals surface area (Å²) < 4.78 is 19.5. The third kappa shape index (κ3) is 4.92. The van der Waals surface area contributed by atoms with E-state index in [2.05, 4.69) is 10.5 Å². The van der Waals surface area contributed by atoms with Crippen LogP contribution in [0, 0.1) is 5.82 Å². The maximum Gasteiger partial charge on any atom is 0.275 e. The molecule has 3 aromatic carbocycles. The number of nitrogens with one attached hydrogen (secondary N) is 1. The monoisotopic (exact) mass is 382 g/mol. The molecular weight excluding hydrogens is 367 g/mol. The number of hydrazone groups is 1. The fourth-order valence-electron chi connectivity index (χ4n) is 2.37. The van der Waals surface area contributed by atoms with Crippen molar-refractivity contribution < 1.29 is 13.9 Å². The first-order valence-electron chi connectivity index (χ1n) is 8.18. The van der Waals surface area contributed by atoms with Crippen molar-refractivity contribution in [3.05, 3.63) is 100 Å². The van der Waals surface area contributed by atoms with Gasteiger partial charge in [0.25, 0.3) is 5.91 Å². The van der Waals surface area contributed by atoms with Crippen LogP contribution in [0.25, 0.3) is 0 Å². The van der Waals surface area contributed by atoms with Gasteiger partial charge >= 0.3 is 0 Å². The predicted octanol–water partition coefficient (Wildman–Crippen LogP) is 4.82. The van der Waals surface area contributed by atoms with Gasteiger partial charge in [-0.05, 0) is 29.8 Å². The molecule has 0 aliphatic rings. The molecule has 1 amide bonds. The smallest absolute Gasteiger partial charge is 0.275 e.